The average molecular weight is 460 g/mol. The van der Waals surface area contributed by atoms with Crippen molar-refractivity contribution in [2.24, 2.45) is 0 Å². The van der Waals surface area contributed by atoms with Crippen molar-refractivity contribution in [3.63, 3.8) is 0 Å². The Morgan fingerprint density at radius 1 is 1.15 bits per heavy atom. The minimum Gasteiger partial charge on any atom is -0.367 e. The number of nitrogens with zero attached hydrogens (tertiary/aromatic N) is 5. The second kappa shape index (κ2) is 10.0. The van der Waals surface area contributed by atoms with E-state index in [1.54, 1.807) is 36.8 Å². The summed E-state index contributed by atoms with van der Waals surface area (Å²) >= 11 is 0. The number of hydrogen-bond donors (Lipinski definition) is 2. The van der Waals surface area contributed by atoms with Crippen LogP contribution in [0, 0.1) is 6.92 Å². The molecule has 8 heteroatoms. The maximum absolute atomic E-state index is 15.7. The van der Waals surface area contributed by atoms with E-state index in [2.05, 4.69) is 62.4 Å². The monoisotopic (exact) mass is 459 g/mol. The lowest BCUT2D eigenvalue weighted by atomic mass is 10.1. The quantitative estimate of drug-likeness (QED) is 0.591. The van der Waals surface area contributed by atoms with Crippen LogP contribution in [-0.4, -0.2) is 58.3 Å². The van der Waals surface area contributed by atoms with Crippen molar-refractivity contribution in [2.45, 2.75) is 13.8 Å². The highest BCUT2D eigenvalue weighted by molar-refractivity contribution is 5.93. The first-order valence-electron chi connectivity index (χ1n) is 11.2. The molecule has 3 aromatic heterocycles. The van der Waals surface area contributed by atoms with E-state index in [-0.39, 0.29) is 5.57 Å². The molecule has 4 heterocycles. The summed E-state index contributed by atoms with van der Waals surface area (Å²) < 4.78 is 15.7. The number of hydrogen-bond acceptors (Lipinski definition) is 6. The molecule has 7 nitrogen and oxygen atoms in total. The first-order chi connectivity index (χ1) is 16.4. The molecule has 0 aromatic carbocycles. The number of likely N-dealkylation sites (N-methyl/N-ethyl adjacent to an activating group) is 1. The van der Waals surface area contributed by atoms with Gasteiger partial charge in [0.15, 0.2) is 0 Å². The molecule has 1 fully saturated rings. The fourth-order valence-electron chi connectivity index (χ4n) is 4.05. The highest BCUT2D eigenvalue weighted by Gasteiger charge is 2.19. The van der Waals surface area contributed by atoms with Crippen molar-refractivity contribution in [3.05, 3.63) is 77.5 Å². The van der Waals surface area contributed by atoms with E-state index < -0.39 is 5.83 Å². The molecular weight excluding hydrogens is 429 g/mol. The Morgan fingerprint density at radius 2 is 1.91 bits per heavy atom. The number of nitrogens with one attached hydrogen (secondary N) is 2. The molecule has 34 heavy (non-hydrogen) atoms. The molecule has 3 aromatic rings. The molecule has 0 spiro atoms. The number of aromatic amines is 1. The number of aromatic nitrogens is 4. The van der Waals surface area contributed by atoms with Crippen molar-refractivity contribution in [1.82, 2.24) is 25.1 Å². The maximum Gasteiger partial charge on any atom is 0.142 e. The van der Waals surface area contributed by atoms with Crippen LogP contribution in [0.15, 0.2) is 50.1 Å². The Kier molecular flexibility index (Phi) is 6.88. The molecule has 0 radical (unpaired) electrons. The molecule has 1 saturated heterocycles. The Hall–Kier alpha value is -3.78. The molecule has 0 saturated carbocycles. The highest BCUT2D eigenvalue weighted by Crippen LogP contribution is 2.28. The molecule has 0 unspecified atom stereocenters. The molecule has 1 aliphatic heterocycles. The number of piperazine rings is 1. The number of anilines is 2. The second-order valence-corrected chi connectivity index (χ2v) is 8.41. The Balaban J connectivity index is 1.68. The zero-order valence-corrected chi connectivity index (χ0v) is 19.9. The summed E-state index contributed by atoms with van der Waals surface area (Å²) in [6.07, 6.45) is 8.65. The summed E-state index contributed by atoms with van der Waals surface area (Å²) in [5.74, 6) is -0.478. The summed E-state index contributed by atoms with van der Waals surface area (Å²) in [5.41, 5.74) is 4.65. The van der Waals surface area contributed by atoms with Crippen LogP contribution in [0.1, 0.15) is 23.7 Å². The molecule has 0 atom stereocenters. The summed E-state index contributed by atoms with van der Waals surface area (Å²) in [7, 11) is 2.13. The van der Waals surface area contributed by atoms with Crippen molar-refractivity contribution in [1.29, 1.82) is 0 Å². The van der Waals surface area contributed by atoms with Crippen LogP contribution in [0.5, 0.6) is 0 Å². The summed E-state index contributed by atoms with van der Waals surface area (Å²) in [6.45, 7) is 15.9. The number of rotatable bonds is 6. The van der Waals surface area contributed by atoms with Gasteiger partial charge in [-0.15, -0.1) is 0 Å². The van der Waals surface area contributed by atoms with E-state index in [4.69, 9.17) is 0 Å². The van der Waals surface area contributed by atoms with Crippen LogP contribution in [0.4, 0.5) is 15.8 Å². The molecular formula is C26H30FN7. The van der Waals surface area contributed by atoms with Gasteiger partial charge in [0, 0.05) is 49.7 Å². The third-order valence-corrected chi connectivity index (χ3v) is 6.18. The van der Waals surface area contributed by atoms with Gasteiger partial charge >= 0.3 is 0 Å². The number of halogens is 1. The highest BCUT2D eigenvalue weighted by atomic mass is 19.1. The Bertz CT molecular complexity index is 1320. The molecule has 0 aliphatic carbocycles. The fraction of sp³-hybridized carbons (Fsp3) is 0.269. The van der Waals surface area contributed by atoms with Gasteiger partial charge in [0.2, 0.25) is 0 Å². The first-order valence-corrected chi connectivity index (χ1v) is 11.2. The van der Waals surface area contributed by atoms with Crippen LogP contribution < -0.4 is 20.8 Å². The Morgan fingerprint density at radius 3 is 2.59 bits per heavy atom. The zero-order chi connectivity index (χ0) is 24.2. The van der Waals surface area contributed by atoms with Gasteiger partial charge in [0.25, 0.3) is 0 Å². The molecule has 2 N–H and O–H groups in total. The number of H-pyrrole nitrogens is 1. The minimum atomic E-state index is -0.478. The zero-order valence-electron chi connectivity index (χ0n) is 19.9. The van der Waals surface area contributed by atoms with Gasteiger partial charge in [0.1, 0.15) is 11.5 Å². The van der Waals surface area contributed by atoms with Gasteiger partial charge in [-0.3, -0.25) is 15.1 Å². The number of pyridine rings is 2. The SMILES string of the molecule is C=C(/C(F)=c1/c(C(=C)Nc2cncc(N3CCN(C)CC3)c2C)n[nH]/c1=C/C)c1cccnc1. The largest absolute Gasteiger partial charge is 0.367 e. The van der Waals surface area contributed by atoms with E-state index in [9.17, 15) is 0 Å². The fourth-order valence-corrected chi connectivity index (χ4v) is 4.05. The second-order valence-electron chi connectivity index (χ2n) is 8.41. The summed E-state index contributed by atoms with van der Waals surface area (Å²) in [4.78, 5) is 13.2. The predicted octanol–water partition coefficient (Wildman–Crippen LogP) is 2.93. The maximum atomic E-state index is 15.7. The first kappa shape index (κ1) is 23.4. The van der Waals surface area contributed by atoms with Crippen LogP contribution in [0.3, 0.4) is 0 Å². The van der Waals surface area contributed by atoms with Crippen molar-refractivity contribution < 1.29 is 4.39 Å². The van der Waals surface area contributed by atoms with E-state index in [0.717, 1.165) is 43.1 Å². The third kappa shape index (κ3) is 4.63. The van der Waals surface area contributed by atoms with Gasteiger partial charge in [-0.2, -0.15) is 5.10 Å². The van der Waals surface area contributed by atoms with Crippen molar-refractivity contribution in [2.75, 3.05) is 43.4 Å². The standard InChI is InChI=1S/C26H30FN7/c1-6-21-24(25(27)17(2)20-8-7-9-28-14-20)26(32-31-21)19(4)30-22-15-29-16-23(18(22)3)34-12-10-33(5)11-13-34/h6-9,14-16,30-31H,2,4,10-13H2,1,3,5H3/b21-6+,25-24-. The smallest absolute Gasteiger partial charge is 0.142 e. The average Bonchev–Trinajstić information content (AvgIpc) is 3.30. The van der Waals surface area contributed by atoms with E-state index in [1.165, 1.54) is 0 Å². The van der Waals surface area contributed by atoms with Gasteiger partial charge < -0.3 is 15.1 Å². The predicted molar refractivity (Wildman–Crippen MR) is 137 cm³/mol. The Labute approximate surface area is 199 Å². The van der Waals surface area contributed by atoms with Gasteiger partial charge in [-0.25, -0.2) is 4.39 Å². The van der Waals surface area contributed by atoms with Crippen LogP contribution in [0.25, 0.3) is 23.2 Å². The lowest BCUT2D eigenvalue weighted by Crippen LogP contribution is -2.44. The number of allylic oxidation sites excluding steroid dienone is 1. The van der Waals surface area contributed by atoms with Crippen molar-refractivity contribution >= 4 is 34.5 Å². The van der Waals surface area contributed by atoms with E-state index >= 15 is 4.39 Å². The molecule has 176 valence electrons. The van der Waals surface area contributed by atoms with E-state index in [1.807, 2.05) is 13.1 Å². The van der Waals surface area contributed by atoms with Crippen LogP contribution >= 0.6 is 0 Å². The van der Waals surface area contributed by atoms with Crippen LogP contribution in [-0.2, 0) is 0 Å². The van der Waals surface area contributed by atoms with Crippen molar-refractivity contribution in [3.8, 4) is 0 Å². The van der Waals surface area contributed by atoms with Gasteiger partial charge in [0.05, 0.1) is 40.0 Å². The summed E-state index contributed by atoms with van der Waals surface area (Å²) in [5, 5.41) is 11.5. The minimum absolute atomic E-state index is 0.238. The summed E-state index contributed by atoms with van der Waals surface area (Å²) in [6, 6.07) is 3.52. The van der Waals surface area contributed by atoms with Crippen LogP contribution in [0.2, 0.25) is 0 Å². The lowest BCUT2D eigenvalue weighted by molar-refractivity contribution is 0.312. The molecule has 4 rings (SSSR count). The van der Waals surface area contributed by atoms with Gasteiger partial charge in [-0.05, 0) is 32.5 Å². The van der Waals surface area contributed by atoms with Gasteiger partial charge in [-0.1, -0.05) is 25.3 Å². The normalized spacial score (nSPS) is 15.9. The topological polar surface area (TPSA) is 73.0 Å². The third-order valence-electron chi connectivity index (χ3n) is 6.18. The van der Waals surface area contributed by atoms with E-state index in [0.29, 0.717) is 27.5 Å². The molecule has 1 aliphatic rings. The molecule has 0 bridgehead atoms. The molecule has 0 amide bonds. The lowest BCUT2D eigenvalue weighted by Gasteiger charge is -2.35.